The first-order valence-electron chi connectivity index (χ1n) is 5.63. The van der Waals surface area contributed by atoms with Crippen molar-refractivity contribution in [3.8, 4) is 0 Å². The molecule has 2 N–H and O–H groups in total. The van der Waals surface area contributed by atoms with Gasteiger partial charge in [-0.05, 0) is 31.3 Å². The van der Waals surface area contributed by atoms with E-state index < -0.39 is 0 Å². The van der Waals surface area contributed by atoms with Crippen molar-refractivity contribution in [1.29, 1.82) is 0 Å². The van der Waals surface area contributed by atoms with Crippen LogP contribution in [0, 0.1) is 0 Å². The molecule has 1 atom stereocenters. The third-order valence-electron chi connectivity index (χ3n) is 2.78. The van der Waals surface area contributed by atoms with E-state index in [0.29, 0.717) is 11.6 Å². The summed E-state index contributed by atoms with van der Waals surface area (Å²) in [6.07, 6.45) is 0. The van der Waals surface area contributed by atoms with Crippen molar-refractivity contribution < 1.29 is 4.79 Å². The summed E-state index contributed by atoms with van der Waals surface area (Å²) in [5.74, 6) is 0.0615. The number of nitrogens with one attached hydrogen (secondary N) is 2. The van der Waals surface area contributed by atoms with Crippen molar-refractivity contribution in [2.75, 3.05) is 31.6 Å². The molecule has 0 aromatic heterocycles. The van der Waals surface area contributed by atoms with Crippen molar-refractivity contribution in [3.63, 3.8) is 0 Å². The fraction of sp³-hybridized carbons (Fsp3) is 0.417. The Morgan fingerprint density at radius 3 is 2.82 bits per heavy atom. The average Bonchev–Trinajstić information content (AvgIpc) is 2.29. The number of benzene rings is 1. The molecule has 1 unspecified atom stereocenters. The van der Waals surface area contributed by atoms with Crippen molar-refractivity contribution in [2.24, 2.45) is 0 Å². The first-order chi connectivity index (χ1) is 8.19. The molecule has 0 spiro atoms. The number of carbonyl (C=O) groups excluding carboxylic acids is 1. The maximum Gasteiger partial charge on any atom is 0.239 e. The minimum atomic E-state index is 0.0615. The van der Waals surface area contributed by atoms with Crippen LogP contribution in [0.5, 0.6) is 0 Å². The van der Waals surface area contributed by atoms with Gasteiger partial charge in [-0.2, -0.15) is 0 Å². The van der Waals surface area contributed by atoms with Crippen LogP contribution in [-0.4, -0.2) is 38.6 Å². The van der Waals surface area contributed by atoms with E-state index in [1.807, 2.05) is 31.3 Å². The van der Waals surface area contributed by atoms with Crippen LogP contribution in [0.15, 0.2) is 24.3 Å². The van der Waals surface area contributed by atoms with Gasteiger partial charge in [0.05, 0.1) is 12.6 Å². The molecule has 92 valence electrons. The summed E-state index contributed by atoms with van der Waals surface area (Å²) in [4.78, 5) is 13.7. The monoisotopic (exact) mass is 253 g/mol. The van der Waals surface area contributed by atoms with Gasteiger partial charge in [-0.3, -0.25) is 4.79 Å². The lowest BCUT2D eigenvalue weighted by molar-refractivity contribution is -0.121. The van der Waals surface area contributed by atoms with E-state index in [0.717, 1.165) is 18.8 Å². The molecule has 1 amide bonds. The molecule has 0 aliphatic carbocycles. The van der Waals surface area contributed by atoms with Gasteiger partial charge in [0.25, 0.3) is 0 Å². The van der Waals surface area contributed by atoms with E-state index in [4.69, 9.17) is 11.6 Å². The van der Waals surface area contributed by atoms with Gasteiger partial charge in [-0.15, -0.1) is 0 Å². The molecular weight excluding hydrogens is 238 g/mol. The molecule has 1 heterocycles. The quantitative estimate of drug-likeness (QED) is 0.840. The molecule has 1 aromatic rings. The third-order valence-corrected chi connectivity index (χ3v) is 3.03. The largest absolute Gasteiger partial charge is 0.360 e. The smallest absolute Gasteiger partial charge is 0.239 e. The molecule has 1 fully saturated rings. The normalized spacial score (nSPS) is 20.2. The number of carbonyl (C=O) groups is 1. The highest BCUT2D eigenvalue weighted by Crippen LogP contribution is 2.19. The van der Waals surface area contributed by atoms with Crippen LogP contribution < -0.4 is 15.5 Å². The number of rotatable bonds is 3. The summed E-state index contributed by atoms with van der Waals surface area (Å²) in [5.41, 5.74) is 1.03. The Labute approximate surface area is 106 Å². The standard InChI is InChI=1S/C12H16ClN3O/c1-14-6-10-7-16(8-12(17)15-10)11-4-2-9(13)3-5-11/h2-5,10,14H,6-8H2,1H3,(H,15,17). The molecule has 5 heteroatoms. The lowest BCUT2D eigenvalue weighted by Gasteiger charge is -2.34. The molecule has 1 aliphatic heterocycles. The Bertz CT molecular complexity index is 393. The molecule has 1 aromatic carbocycles. The molecule has 17 heavy (non-hydrogen) atoms. The zero-order valence-corrected chi connectivity index (χ0v) is 10.5. The number of piperazine rings is 1. The number of nitrogens with zero attached hydrogens (tertiary/aromatic N) is 1. The summed E-state index contributed by atoms with van der Waals surface area (Å²) in [7, 11) is 1.88. The lowest BCUT2D eigenvalue weighted by atomic mass is 10.1. The summed E-state index contributed by atoms with van der Waals surface area (Å²) in [6, 6.07) is 7.72. The number of likely N-dealkylation sites (N-methyl/N-ethyl adjacent to an activating group) is 1. The van der Waals surface area contributed by atoms with E-state index >= 15 is 0 Å². The van der Waals surface area contributed by atoms with Gasteiger partial charge < -0.3 is 15.5 Å². The number of hydrogen-bond donors (Lipinski definition) is 2. The van der Waals surface area contributed by atoms with Crippen LogP contribution in [0.1, 0.15) is 0 Å². The Hall–Kier alpha value is -1.26. The minimum Gasteiger partial charge on any atom is -0.360 e. The van der Waals surface area contributed by atoms with E-state index in [9.17, 15) is 4.79 Å². The Morgan fingerprint density at radius 2 is 2.18 bits per heavy atom. The Morgan fingerprint density at radius 1 is 1.47 bits per heavy atom. The maximum absolute atomic E-state index is 11.6. The van der Waals surface area contributed by atoms with E-state index in [1.54, 1.807) is 0 Å². The Balaban J connectivity index is 2.09. The number of halogens is 1. The van der Waals surface area contributed by atoms with Crippen LogP contribution >= 0.6 is 11.6 Å². The van der Waals surface area contributed by atoms with Crippen LogP contribution in [0.3, 0.4) is 0 Å². The van der Waals surface area contributed by atoms with E-state index in [1.165, 1.54) is 0 Å². The van der Waals surface area contributed by atoms with Crippen molar-refractivity contribution >= 4 is 23.2 Å². The minimum absolute atomic E-state index is 0.0615. The number of amides is 1. The van der Waals surface area contributed by atoms with Crippen LogP contribution in [0.4, 0.5) is 5.69 Å². The van der Waals surface area contributed by atoms with Gasteiger partial charge in [0.15, 0.2) is 0 Å². The topological polar surface area (TPSA) is 44.4 Å². The molecule has 0 radical (unpaired) electrons. The van der Waals surface area contributed by atoms with Crippen LogP contribution in [0.2, 0.25) is 5.02 Å². The molecule has 0 bridgehead atoms. The van der Waals surface area contributed by atoms with Gasteiger partial charge in [-0.1, -0.05) is 11.6 Å². The highest BCUT2D eigenvalue weighted by atomic mass is 35.5. The highest BCUT2D eigenvalue weighted by Gasteiger charge is 2.23. The van der Waals surface area contributed by atoms with Crippen molar-refractivity contribution in [3.05, 3.63) is 29.3 Å². The molecule has 1 saturated heterocycles. The molecule has 0 saturated carbocycles. The number of hydrogen-bond acceptors (Lipinski definition) is 3. The van der Waals surface area contributed by atoms with E-state index in [2.05, 4.69) is 15.5 Å². The van der Waals surface area contributed by atoms with Gasteiger partial charge >= 0.3 is 0 Å². The fourth-order valence-electron chi connectivity index (χ4n) is 2.03. The lowest BCUT2D eigenvalue weighted by Crippen LogP contribution is -2.57. The van der Waals surface area contributed by atoms with Crippen LogP contribution in [0.25, 0.3) is 0 Å². The summed E-state index contributed by atoms with van der Waals surface area (Å²) < 4.78 is 0. The number of anilines is 1. The zero-order valence-electron chi connectivity index (χ0n) is 9.74. The summed E-state index contributed by atoms with van der Waals surface area (Å²) in [5, 5.41) is 6.75. The first kappa shape index (κ1) is 12.2. The second-order valence-electron chi connectivity index (χ2n) is 4.18. The molecule has 4 nitrogen and oxygen atoms in total. The van der Waals surface area contributed by atoms with Gasteiger partial charge in [0, 0.05) is 23.8 Å². The summed E-state index contributed by atoms with van der Waals surface area (Å²) in [6.45, 7) is 1.99. The zero-order chi connectivity index (χ0) is 12.3. The van der Waals surface area contributed by atoms with Crippen molar-refractivity contribution in [2.45, 2.75) is 6.04 Å². The van der Waals surface area contributed by atoms with Crippen molar-refractivity contribution in [1.82, 2.24) is 10.6 Å². The maximum atomic E-state index is 11.6. The third kappa shape index (κ3) is 3.11. The second-order valence-corrected chi connectivity index (χ2v) is 4.62. The molecular formula is C12H16ClN3O. The Kier molecular flexibility index (Phi) is 3.86. The predicted octanol–water partition coefficient (Wildman–Crippen LogP) is 0.864. The van der Waals surface area contributed by atoms with E-state index in [-0.39, 0.29) is 11.9 Å². The SMILES string of the molecule is CNCC1CN(c2ccc(Cl)cc2)CC(=O)N1. The van der Waals surface area contributed by atoms with Gasteiger partial charge in [-0.25, -0.2) is 0 Å². The summed E-state index contributed by atoms with van der Waals surface area (Å²) >= 11 is 5.85. The second kappa shape index (κ2) is 5.38. The van der Waals surface area contributed by atoms with Crippen LogP contribution in [-0.2, 0) is 4.79 Å². The first-order valence-corrected chi connectivity index (χ1v) is 6.01. The molecule has 2 rings (SSSR count). The van der Waals surface area contributed by atoms with Gasteiger partial charge in [0.2, 0.25) is 5.91 Å². The molecule has 1 aliphatic rings. The predicted molar refractivity (Wildman–Crippen MR) is 69.5 cm³/mol. The fourth-order valence-corrected chi connectivity index (χ4v) is 2.16. The van der Waals surface area contributed by atoms with Gasteiger partial charge in [0.1, 0.15) is 0 Å². The average molecular weight is 254 g/mol. The highest BCUT2D eigenvalue weighted by molar-refractivity contribution is 6.30.